The highest BCUT2D eigenvalue weighted by Gasteiger charge is 2.30. The van der Waals surface area contributed by atoms with Crippen molar-refractivity contribution in [1.82, 2.24) is 9.97 Å². The van der Waals surface area contributed by atoms with E-state index in [0.717, 1.165) is 12.1 Å². The van der Waals surface area contributed by atoms with Crippen LogP contribution in [0.2, 0.25) is 0 Å². The van der Waals surface area contributed by atoms with E-state index in [1.807, 2.05) is 0 Å². The van der Waals surface area contributed by atoms with Gasteiger partial charge in [-0.3, -0.25) is 9.59 Å². The fourth-order valence-corrected chi connectivity index (χ4v) is 2.59. The SMILES string of the molecule is CC(=O)CC(=O)C(C)Oc1ccc(Oc2cnc3cc(C(F)(F)F)ccc3n2)cc1. The molecule has 156 valence electrons. The lowest BCUT2D eigenvalue weighted by Crippen LogP contribution is -2.25. The second-order valence-corrected chi connectivity index (χ2v) is 6.59. The molecule has 0 saturated heterocycles. The summed E-state index contributed by atoms with van der Waals surface area (Å²) >= 11 is 0. The molecule has 3 rings (SSSR count). The molecule has 2 aromatic carbocycles. The molecule has 0 saturated carbocycles. The Morgan fingerprint density at radius 1 is 1.03 bits per heavy atom. The minimum Gasteiger partial charge on any atom is -0.483 e. The summed E-state index contributed by atoms with van der Waals surface area (Å²) in [6, 6.07) is 9.41. The summed E-state index contributed by atoms with van der Waals surface area (Å²) < 4.78 is 49.4. The van der Waals surface area contributed by atoms with E-state index in [4.69, 9.17) is 9.47 Å². The molecular formula is C21H17F3N2O4. The number of ether oxygens (including phenoxy) is 2. The van der Waals surface area contributed by atoms with Crippen LogP contribution < -0.4 is 9.47 Å². The Balaban J connectivity index is 1.68. The van der Waals surface area contributed by atoms with Gasteiger partial charge in [-0.15, -0.1) is 0 Å². The molecule has 9 heteroatoms. The molecule has 0 N–H and O–H groups in total. The summed E-state index contributed by atoms with van der Waals surface area (Å²) in [6.07, 6.45) is -4.18. The van der Waals surface area contributed by atoms with Gasteiger partial charge in [0.2, 0.25) is 5.88 Å². The van der Waals surface area contributed by atoms with Gasteiger partial charge in [-0.25, -0.2) is 9.97 Å². The van der Waals surface area contributed by atoms with Gasteiger partial charge in [0, 0.05) is 0 Å². The summed E-state index contributed by atoms with van der Waals surface area (Å²) in [6.45, 7) is 2.90. The summed E-state index contributed by atoms with van der Waals surface area (Å²) in [4.78, 5) is 30.9. The van der Waals surface area contributed by atoms with Crippen LogP contribution in [0.4, 0.5) is 13.2 Å². The number of halogens is 3. The smallest absolute Gasteiger partial charge is 0.416 e. The van der Waals surface area contributed by atoms with Gasteiger partial charge in [-0.05, 0) is 56.3 Å². The van der Waals surface area contributed by atoms with E-state index in [-0.39, 0.29) is 34.9 Å². The number of fused-ring (bicyclic) bond motifs is 1. The molecule has 1 aromatic heterocycles. The number of ketones is 2. The molecule has 0 spiro atoms. The first-order chi connectivity index (χ1) is 14.1. The van der Waals surface area contributed by atoms with Crippen molar-refractivity contribution < 1.29 is 32.2 Å². The number of hydrogen-bond donors (Lipinski definition) is 0. The maximum Gasteiger partial charge on any atom is 0.416 e. The molecule has 1 heterocycles. The fraction of sp³-hybridized carbons (Fsp3) is 0.238. The average molecular weight is 418 g/mol. The zero-order chi connectivity index (χ0) is 21.9. The van der Waals surface area contributed by atoms with Crippen LogP contribution in [0.1, 0.15) is 25.8 Å². The normalized spacial score (nSPS) is 12.4. The first-order valence-electron chi connectivity index (χ1n) is 8.92. The number of carbonyl (C=O) groups is 2. The molecule has 1 atom stereocenters. The predicted octanol–water partition coefficient (Wildman–Crippen LogP) is 4.76. The third kappa shape index (κ3) is 5.31. The van der Waals surface area contributed by atoms with Crippen molar-refractivity contribution in [2.45, 2.75) is 32.5 Å². The van der Waals surface area contributed by atoms with Crippen LogP contribution in [0.5, 0.6) is 17.4 Å². The van der Waals surface area contributed by atoms with Gasteiger partial charge >= 0.3 is 6.18 Å². The monoisotopic (exact) mass is 418 g/mol. The Kier molecular flexibility index (Phi) is 6.00. The van der Waals surface area contributed by atoms with Gasteiger partial charge in [-0.2, -0.15) is 13.2 Å². The first kappa shape index (κ1) is 21.2. The number of Topliss-reactive ketones (excluding diaryl/α,β-unsaturated/α-hetero) is 2. The Labute approximate surface area is 169 Å². The molecule has 6 nitrogen and oxygen atoms in total. The van der Waals surface area contributed by atoms with E-state index in [0.29, 0.717) is 11.5 Å². The Hall–Kier alpha value is -3.49. The van der Waals surface area contributed by atoms with Crippen molar-refractivity contribution in [2.24, 2.45) is 0 Å². The van der Waals surface area contributed by atoms with Crippen LogP contribution in [0.15, 0.2) is 48.7 Å². The van der Waals surface area contributed by atoms with Gasteiger partial charge in [0.05, 0.1) is 29.2 Å². The Morgan fingerprint density at radius 2 is 1.70 bits per heavy atom. The third-order valence-corrected chi connectivity index (χ3v) is 4.08. The van der Waals surface area contributed by atoms with Crippen molar-refractivity contribution in [1.29, 1.82) is 0 Å². The molecule has 0 aliphatic carbocycles. The molecule has 0 amide bonds. The number of rotatable bonds is 7. The minimum atomic E-state index is -4.46. The second-order valence-electron chi connectivity index (χ2n) is 6.59. The van der Waals surface area contributed by atoms with Gasteiger partial charge in [0.15, 0.2) is 11.9 Å². The summed E-state index contributed by atoms with van der Waals surface area (Å²) in [5.41, 5.74) is -0.437. The maximum absolute atomic E-state index is 12.8. The van der Waals surface area contributed by atoms with Gasteiger partial charge in [0.25, 0.3) is 0 Å². The zero-order valence-electron chi connectivity index (χ0n) is 16.1. The fourth-order valence-electron chi connectivity index (χ4n) is 2.59. The van der Waals surface area contributed by atoms with Crippen LogP contribution in [0.25, 0.3) is 11.0 Å². The van der Waals surface area contributed by atoms with Crippen LogP contribution >= 0.6 is 0 Å². The number of carbonyl (C=O) groups excluding carboxylic acids is 2. The van der Waals surface area contributed by atoms with E-state index < -0.39 is 17.8 Å². The second kappa shape index (κ2) is 8.48. The summed E-state index contributed by atoms with van der Waals surface area (Å²) in [5, 5.41) is 0. The largest absolute Gasteiger partial charge is 0.483 e. The number of alkyl halides is 3. The maximum atomic E-state index is 12.8. The quantitative estimate of drug-likeness (QED) is 0.515. The number of benzene rings is 2. The number of aromatic nitrogens is 2. The van der Waals surface area contributed by atoms with Crippen LogP contribution in [0.3, 0.4) is 0 Å². The molecule has 0 aliphatic rings. The third-order valence-electron chi connectivity index (χ3n) is 4.08. The van der Waals surface area contributed by atoms with Gasteiger partial charge < -0.3 is 9.47 Å². The topological polar surface area (TPSA) is 78.4 Å². The van der Waals surface area contributed by atoms with Crippen molar-refractivity contribution in [2.75, 3.05) is 0 Å². The Bertz CT molecular complexity index is 1080. The number of hydrogen-bond acceptors (Lipinski definition) is 6. The highest BCUT2D eigenvalue weighted by Crippen LogP contribution is 2.31. The van der Waals surface area contributed by atoms with Crippen LogP contribution in [0, 0.1) is 0 Å². The molecule has 1 unspecified atom stereocenters. The molecule has 0 fully saturated rings. The van der Waals surface area contributed by atoms with E-state index in [9.17, 15) is 22.8 Å². The molecule has 3 aromatic rings. The lowest BCUT2D eigenvalue weighted by molar-refractivity contribution is -0.137. The first-order valence-corrected chi connectivity index (χ1v) is 8.92. The molecule has 30 heavy (non-hydrogen) atoms. The van der Waals surface area contributed by atoms with Crippen molar-refractivity contribution in [3.63, 3.8) is 0 Å². The standard InChI is InChI=1S/C21H17F3N2O4/c1-12(27)9-19(28)13(2)29-15-4-6-16(7-5-15)30-20-11-25-18-10-14(21(22,23)24)3-8-17(18)26-20/h3-8,10-11,13H,9H2,1-2H3. The average Bonchev–Trinajstić information content (AvgIpc) is 2.67. The van der Waals surface area contributed by atoms with Crippen LogP contribution in [-0.4, -0.2) is 27.6 Å². The minimum absolute atomic E-state index is 0.102. The van der Waals surface area contributed by atoms with Crippen molar-refractivity contribution in [3.8, 4) is 17.4 Å². The van der Waals surface area contributed by atoms with E-state index >= 15 is 0 Å². The highest BCUT2D eigenvalue weighted by atomic mass is 19.4. The highest BCUT2D eigenvalue weighted by molar-refractivity contribution is 6.00. The molecule has 0 radical (unpaired) electrons. The Morgan fingerprint density at radius 3 is 2.33 bits per heavy atom. The van der Waals surface area contributed by atoms with E-state index in [1.165, 1.54) is 19.2 Å². The van der Waals surface area contributed by atoms with Gasteiger partial charge in [0.1, 0.15) is 17.3 Å². The summed E-state index contributed by atoms with van der Waals surface area (Å²) in [7, 11) is 0. The van der Waals surface area contributed by atoms with Crippen molar-refractivity contribution >= 4 is 22.6 Å². The van der Waals surface area contributed by atoms with E-state index in [2.05, 4.69) is 9.97 Å². The zero-order valence-corrected chi connectivity index (χ0v) is 16.1. The molecule has 0 aliphatic heterocycles. The van der Waals surface area contributed by atoms with Gasteiger partial charge in [-0.1, -0.05) is 0 Å². The predicted molar refractivity (Wildman–Crippen MR) is 101 cm³/mol. The van der Waals surface area contributed by atoms with Crippen molar-refractivity contribution in [3.05, 3.63) is 54.2 Å². The molecular weight excluding hydrogens is 401 g/mol. The van der Waals surface area contributed by atoms with E-state index in [1.54, 1.807) is 31.2 Å². The number of nitrogens with zero attached hydrogens (tertiary/aromatic N) is 2. The lowest BCUT2D eigenvalue weighted by Gasteiger charge is -2.13. The molecule has 0 bridgehead atoms. The lowest BCUT2D eigenvalue weighted by atomic mass is 10.1. The summed E-state index contributed by atoms with van der Waals surface area (Å²) in [5.74, 6) is 0.371. The van der Waals surface area contributed by atoms with Crippen LogP contribution in [-0.2, 0) is 15.8 Å².